The minimum atomic E-state index is -0.0756. The molecule has 0 aliphatic rings. The van der Waals surface area contributed by atoms with E-state index in [-0.39, 0.29) is 18.9 Å². The average molecular weight is 287 g/mol. The fraction of sp³-hybridized carbons (Fsp3) is 0.462. The molecule has 1 amide bonds. The van der Waals surface area contributed by atoms with Gasteiger partial charge in [0.05, 0.1) is 20.1 Å². The number of nitrogens with one attached hydrogen (secondary N) is 1. The molecular formula is C13H19ClN2O3. The van der Waals surface area contributed by atoms with Crippen LogP contribution < -0.4 is 20.5 Å². The van der Waals surface area contributed by atoms with Crippen molar-refractivity contribution in [1.82, 2.24) is 5.32 Å². The highest BCUT2D eigenvalue weighted by Crippen LogP contribution is 2.35. The highest BCUT2D eigenvalue weighted by molar-refractivity contribution is 6.30. The van der Waals surface area contributed by atoms with Crippen molar-refractivity contribution >= 4 is 17.5 Å². The van der Waals surface area contributed by atoms with Crippen molar-refractivity contribution in [3.63, 3.8) is 0 Å². The largest absolute Gasteiger partial charge is 0.493 e. The molecule has 5 nitrogen and oxygen atoms in total. The molecule has 0 saturated heterocycles. The summed E-state index contributed by atoms with van der Waals surface area (Å²) < 4.78 is 10.9. The van der Waals surface area contributed by atoms with Gasteiger partial charge in [-0.05, 0) is 19.0 Å². The van der Waals surface area contributed by atoms with E-state index in [0.29, 0.717) is 29.5 Å². The molecule has 19 heavy (non-hydrogen) atoms. The van der Waals surface area contributed by atoms with Gasteiger partial charge in [0.1, 0.15) is 0 Å². The van der Waals surface area contributed by atoms with Crippen LogP contribution in [0.5, 0.6) is 11.5 Å². The summed E-state index contributed by atoms with van der Waals surface area (Å²) in [7, 11) is 3.13. The standard InChI is InChI=1S/C13H19ClN2O3/c1-16-12(17)4-6-19-13-9(3-5-15)7-10(14)8-11(13)18-2/h7-8H,3-6,15H2,1-2H3,(H,16,17). The molecule has 0 fully saturated rings. The number of ether oxygens (including phenoxy) is 2. The van der Waals surface area contributed by atoms with Gasteiger partial charge in [0.25, 0.3) is 0 Å². The molecule has 0 spiro atoms. The highest BCUT2D eigenvalue weighted by atomic mass is 35.5. The molecular weight excluding hydrogens is 268 g/mol. The second-order valence-electron chi connectivity index (χ2n) is 3.91. The molecule has 0 aromatic heterocycles. The van der Waals surface area contributed by atoms with Crippen molar-refractivity contribution in [2.75, 3.05) is 27.3 Å². The Balaban J connectivity index is 2.86. The summed E-state index contributed by atoms with van der Waals surface area (Å²) in [6.45, 7) is 0.755. The van der Waals surface area contributed by atoms with Crippen LogP contribution in [0.1, 0.15) is 12.0 Å². The summed E-state index contributed by atoms with van der Waals surface area (Å²) in [6, 6.07) is 3.48. The molecule has 0 aliphatic heterocycles. The van der Waals surface area contributed by atoms with Crippen molar-refractivity contribution in [3.8, 4) is 11.5 Å². The SMILES string of the molecule is CNC(=O)CCOc1c(CCN)cc(Cl)cc1OC. The van der Waals surface area contributed by atoms with Gasteiger partial charge in [-0.1, -0.05) is 11.6 Å². The van der Waals surface area contributed by atoms with Crippen LogP contribution in [0.4, 0.5) is 0 Å². The Labute approximate surface area is 118 Å². The lowest BCUT2D eigenvalue weighted by molar-refractivity contribution is -0.121. The maximum atomic E-state index is 11.2. The number of halogens is 1. The molecule has 0 saturated carbocycles. The minimum absolute atomic E-state index is 0.0756. The summed E-state index contributed by atoms with van der Waals surface area (Å²) in [5, 5.41) is 3.11. The summed E-state index contributed by atoms with van der Waals surface area (Å²) in [4.78, 5) is 11.2. The van der Waals surface area contributed by atoms with E-state index in [1.807, 2.05) is 0 Å². The van der Waals surface area contributed by atoms with Crippen LogP contribution in [0.3, 0.4) is 0 Å². The first kappa shape index (κ1) is 15.6. The number of hydrogen-bond donors (Lipinski definition) is 2. The quantitative estimate of drug-likeness (QED) is 0.794. The Kier molecular flexibility index (Phi) is 6.45. The first-order chi connectivity index (χ1) is 9.12. The summed E-state index contributed by atoms with van der Waals surface area (Å²) in [5.74, 6) is 1.07. The summed E-state index contributed by atoms with van der Waals surface area (Å²) >= 11 is 6.00. The van der Waals surface area contributed by atoms with Crippen LogP contribution in [0.15, 0.2) is 12.1 Å². The van der Waals surface area contributed by atoms with Crippen LogP contribution in [0.2, 0.25) is 5.02 Å². The predicted molar refractivity (Wildman–Crippen MR) is 74.9 cm³/mol. The van der Waals surface area contributed by atoms with Crippen molar-refractivity contribution in [1.29, 1.82) is 0 Å². The molecule has 0 bridgehead atoms. The van der Waals surface area contributed by atoms with E-state index >= 15 is 0 Å². The number of rotatable bonds is 7. The van der Waals surface area contributed by atoms with Crippen LogP contribution in [0, 0.1) is 0 Å². The lowest BCUT2D eigenvalue weighted by Gasteiger charge is -2.15. The van der Waals surface area contributed by atoms with E-state index in [1.165, 1.54) is 0 Å². The first-order valence-electron chi connectivity index (χ1n) is 6.02. The van der Waals surface area contributed by atoms with Crippen LogP contribution in [-0.4, -0.2) is 33.2 Å². The Hall–Kier alpha value is -1.46. The van der Waals surface area contributed by atoms with Gasteiger partial charge in [-0.15, -0.1) is 0 Å². The van der Waals surface area contributed by atoms with Crippen molar-refractivity contribution in [2.24, 2.45) is 5.73 Å². The lowest BCUT2D eigenvalue weighted by Crippen LogP contribution is -2.20. The molecule has 0 unspecified atom stereocenters. The molecule has 0 aliphatic carbocycles. The molecule has 1 rings (SSSR count). The molecule has 6 heteroatoms. The maximum absolute atomic E-state index is 11.2. The zero-order chi connectivity index (χ0) is 14.3. The zero-order valence-corrected chi connectivity index (χ0v) is 11.9. The zero-order valence-electron chi connectivity index (χ0n) is 11.2. The third-order valence-electron chi connectivity index (χ3n) is 2.58. The second-order valence-corrected chi connectivity index (χ2v) is 4.34. The van der Waals surface area contributed by atoms with Crippen LogP contribution in [-0.2, 0) is 11.2 Å². The van der Waals surface area contributed by atoms with E-state index < -0.39 is 0 Å². The summed E-state index contributed by atoms with van der Waals surface area (Å²) in [5.41, 5.74) is 6.44. The van der Waals surface area contributed by atoms with E-state index in [2.05, 4.69) is 5.32 Å². The molecule has 3 N–H and O–H groups in total. The smallest absolute Gasteiger partial charge is 0.223 e. The van der Waals surface area contributed by atoms with Gasteiger partial charge >= 0.3 is 0 Å². The topological polar surface area (TPSA) is 73.6 Å². The van der Waals surface area contributed by atoms with Crippen molar-refractivity contribution < 1.29 is 14.3 Å². The Morgan fingerprint density at radius 2 is 2.21 bits per heavy atom. The first-order valence-corrected chi connectivity index (χ1v) is 6.40. The third kappa shape index (κ3) is 4.61. The molecule has 0 atom stereocenters. The summed E-state index contributed by atoms with van der Waals surface area (Å²) in [6.07, 6.45) is 0.913. The van der Waals surface area contributed by atoms with Gasteiger partial charge in [0.2, 0.25) is 5.91 Å². The van der Waals surface area contributed by atoms with Gasteiger partial charge in [-0.2, -0.15) is 0 Å². The fourth-order valence-corrected chi connectivity index (χ4v) is 1.88. The molecule has 106 valence electrons. The fourth-order valence-electron chi connectivity index (χ4n) is 1.65. The monoisotopic (exact) mass is 286 g/mol. The second kappa shape index (κ2) is 7.86. The van der Waals surface area contributed by atoms with Crippen molar-refractivity contribution in [3.05, 3.63) is 22.7 Å². The van der Waals surface area contributed by atoms with Crippen LogP contribution in [0.25, 0.3) is 0 Å². The molecule has 0 heterocycles. The van der Waals surface area contributed by atoms with Crippen molar-refractivity contribution in [2.45, 2.75) is 12.8 Å². The predicted octanol–water partition coefficient (Wildman–Crippen LogP) is 1.36. The number of carbonyl (C=O) groups is 1. The van der Waals surface area contributed by atoms with E-state index in [0.717, 1.165) is 5.56 Å². The van der Waals surface area contributed by atoms with Gasteiger partial charge in [0.15, 0.2) is 11.5 Å². The third-order valence-corrected chi connectivity index (χ3v) is 2.80. The maximum Gasteiger partial charge on any atom is 0.223 e. The van der Waals surface area contributed by atoms with Gasteiger partial charge in [-0.25, -0.2) is 0 Å². The number of hydrogen-bond acceptors (Lipinski definition) is 4. The Bertz CT molecular complexity index is 438. The van der Waals surface area contributed by atoms with Gasteiger partial charge in [-0.3, -0.25) is 4.79 Å². The Morgan fingerprint density at radius 1 is 1.47 bits per heavy atom. The minimum Gasteiger partial charge on any atom is -0.493 e. The molecule has 0 radical (unpaired) electrons. The molecule has 1 aromatic carbocycles. The number of amides is 1. The number of benzene rings is 1. The highest BCUT2D eigenvalue weighted by Gasteiger charge is 2.13. The van der Waals surface area contributed by atoms with E-state index in [4.69, 9.17) is 26.8 Å². The van der Waals surface area contributed by atoms with Crippen LogP contribution >= 0.6 is 11.6 Å². The number of carbonyl (C=O) groups excluding carboxylic acids is 1. The van der Waals surface area contributed by atoms with E-state index in [9.17, 15) is 4.79 Å². The molecule has 1 aromatic rings. The number of nitrogens with two attached hydrogens (primary N) is 1. The Morgan fingerprint density at radius 3 is 2.79 bits per heavy atom. The average Bonchev–Trinajstić information content (AvgIpc) is 2.40. The van der Waals surface area contributed by atoms with Gasteiger partial charge < -0.3 is 20.5 Å². The lowest BCUT2D eigenvalue weighted by atomic mass is 10.1. The normalized spacial score (nSPS) is 10.1. The van der Waals surface area contributed by atoms with E-state index in [1.54, 1.807) is 26.3 Å². The number of methoxy groups -OCH3 is 1. The van der Waals surface area contributed by atoms with Gasteiger partial charge in [0, 0.05) is 23.7 Å².